The minimum absolute atomic E-state index is 0.00419. The van der Waals surface area contributed by atoms with Crippen LogP contribution in [0.4, 0.5) is 17.6 Å². The first-order valence-electron chi connectivity index (χ1n) is 38.4. The van der Waals surface area contributed by atoms with Crippen LogP contribution in [-0.2, 0) is 84.8 Å². The van der Waals surface area contributed by atoms with E-state index in [9.17, 15) is 27.9 Å². The maximum atomic E-state index is 16.3. The van der Waals surface area contributed by atoms with E-state index in [0.717, 1.165) is 37.7 Å². The van der Waals surface area contributed by atoms with Gasteiger partial charge in [-0.15, -0.1) is 0 Å². The van der Waals surface area contributed by atoms with Crippen LogP contribution < -0.4 is 18.9 Å². The molecule has 0 spiro atoms. The fourth-order valence-corrected chi connectivity index (χ4v) is 15.8. The number of rotatable bonds is 23. The monoisotopic (exact) mass is 1620 g/mol. The molecule has 610 valence electrons. The summed E-state index contributed by atoms with van der Waals surface area (Å²) in [6, 6.07) is 40.8. The minimum Gasteiger partial charge on any atom is -0.481 e. The van der Waals surface area contributed by atoms with Crippen LogP contribution in [0, 0.1) is 45.9 Å². The van der Waals surface area contributed by atoms with Gasteiger partial charge in [-0.3, -0.25) is 14.4 Å². The van der Waals surface area contributed by atoms with Crippen molar-refractivity contribution < 1.29 is 73.9 Å². The number of aromatic nitrogens is 12. The minimum atomic E-state index is -4.15. The highest BCUT2D eigenvalue weighted by Gasteiger charge is 2.40. The van der Waals surface area contributed by atoms with E-state index in [1.165, 1.54) is 78.5 Å². The molecular weight excluding hydrogens is 1530 g/mol. The van der Waals surface area contributed by atoms with Crippen molar-refractivity contribution in [1.82, 2.24) is 58.5 Å². The van der Waals surface area contributed by atoms with Crippen LogP contribution in [0.3, 0.4) is 0 Å². The molecule has 1 aliphatic heterocycles. The number of carboxylic acids is 1. The quantitative estimate of drug-likeness (QED) is 0.0396. The van der Waals surface area contributed by atoms with Gasteiger partial charge in [0.2, 0.25) is 11.8 Å². The number of nitrogens with zero attached hydrogens (tertiary/aromatic N) is 10. The zero-order valence-corrected chi connectivity index (χ0v) is 67.8. The van der Waals surface area contributed by atoms with Gasteiger partial charge in [-0.2, -0.15) is 20.4 Å². The Morgan fingerprint density at radius 3 is 2.18 bits per heavy atom. The van der Waals surface area contributed by atoms with Crippen molar-refractivity contribution in [3.63, 3.8) is 0 Å². The predicted octanol–water partition coefficient (Wildman–Crippen LogP) is 17.5. The molecule has 13 aromatic rings. The number of aryl methyl sites for hydroxylation is 2. The maximum absolute atomic E-state index is 16.3. The first kappa shape index (κ1) is 82.6. The van der Waals surface area contributed by atoms with E-state index in [2.05, 4.69) is 54.9 Å². The highest BCUT2D eigenvalue weighted by molar-refractivity contribution is 7.90. The molecule has 0 saturated heterocycles. The summed E-state index contributed by atoms with van der Waals surface area (Å²) in [5.74, 6) is -3.21. The zero-order valence-electron chi connectivity index (χ0n) is 67.0. The van der Waals surface area contributed by atoms with Crippen molar-refractivity contribution in [3.8, 4) is 57.5 Å². The molecular formula is C88H92F4N12O12S. The number of hydrogen-bond acceptors (Lipinski definition) is 17. The first-order valence-corrected chi connectivity index (χ1v) is 39.8. The standard InChI is InChI=1S/C49H52F2N6O8S.C39H40F2N6O4/c1-8-62-46(59)31(2)25-33-13-12-14-34(26-33)49(6,22-21-48(4,5)30-64-43-19-23-52-54-43)47-53-45(56(7)55-47)38-27-35(17-18-40(38)50)65-44-39(29-63-32(3)58)37-20-24-57(42(37)28-41(44)51)66(60,61)36-15-10-9-11-16-36;1-23(36(48)49)17-24-7-6-8-25(18-24)39(4)14-13-38(2,3)22-50-33-12-16-43-47(33)21-29-27-11-15-42-32(27)20-31(41)34(29)51-26-9-10-30(40)28(19-26)35-44-37(39)45-46(35)5/h9-20,23-24,26-28,31H,8,21-22,25,29-30H2,1-7H3,(H,52,54);6-12,15-16,18-20,23,42H,13-14,17,21-22H2,1-5H3,(H,48,49). The molecule has 4 bridgehead atoms. The molecule has 0 radical (unpaired) electrons. The number of ether oxygens (including phenoxy) is 6. The molecule has 117 heavy (non-hydrogen) atoms. The summed E-state index contributed by atoms with van der Waals surface area (Å²) >= 11 is 0. The molecule has 1 aliphatic rings. The van der Waals surface area contributed by atoms with Gasteiger partial charge in [0, 0.05) is 85.1 Å². The van der Waals surface area contributed by atoms with Crippen LogP contribution in [-0.4, -0.2) is 110 Å². The Bertz CT molecular complexity index is 5940. The van der Waals surface area contributed by atoms with E-state index in [1.807, 2.05) is 68.4 Å². The Kier molecular flexibility index (Phi) is 23.9. The molecule has 4 unspecified atom stereocenters. The van der Waals surface area contributed by atoms with Gasteiger partial charge in [-0.25, -0.2) is 59.1 Å². The lowest BCUT2D eigenvalue weighted by atomic mass is 9.73. The Hall–Kier alpha value is -12.4. The van der Waals surface area contributed by atoms with Crippen LogP contribution in [0.5, 0.6) is 34.8 Å². The van der Waals surface area contributed by atoms with E-state index < -0.39 is 68.6 Å². The molecule has 24 nitrogen and oxygen atoms in total. The van der Waals surface area contributed by atoms with Crippen molar-refractivity contribution in [1.29, 1.82) is 0 Å². The number of nitrogens with one attached hydrogen (secondary N) is 2. The fraction of sp³-hybridized carbons (Fsp3) is 0.330. The number of aliphatic carboxylic acids is 1. The molecule has 7 aromatic carbocycles. The van der Waals surface area contributed by atoms with Crippen molar-refractivity contribution in [2.45, 2.75) is 137 Å². The number of H-pyrrole nitrogens is 2. The van der Waals surface area contributed by atoms with E-state index >= 15 is 17.6 Å². The van der Waals surface area contributed by atoms with Gasteiger partial charge >= 0.3 is 17.9 Å². The second-order valence-corrected chi connectivity index (χ2v) is 33.5. The number of fused-ring (bicyclic) bond motifs is 10. The van der Waals surface area contributed by atoms with Crippen LogP contribution in [0.15, 0.2) is 181 Å². The van der Waals surface area contributed by atoms with Gasteiger partial charge in [-0.05, 0) is 153 Å². The summed E-state index contributed by atoms with van der Waals surface area (Å²) in [7, 11) is -0.784. The molecule has 29 heteroatoms. The predicted molar refractivity (Wildman–Crippen MR) is 430 cm³/mol. The number of carbonyl (C=O) groups is 3. The number of carbonyl (C=O) groups excluding carboxylic acids is 2. The Morgan fingerprint density at radius 2 is 1.44 bits per heavy atom. The molecule has 0 amide bonds. The zero-order chi connectivity index (χ0) is 83.5. The smallest absolute Gasteiger partial charge is 0.308 e. The SMILES string of the molecule is CC(Cc1cccc(C2(C)CCC(C)(C)COc3ccnn3Cc3c(c(F)cc4[nH]ccc34)Oc3ccc(F)c(c3)-c3nc2nn3C)c1)C(=O)O.CCOC(=O)C(C)Cc1cccc(C(C)(CCC(C)(C)COc2ccn[nH]2)c2nc(-c3cc(Oc4c(F)cc5c(ccn5S(=O)(=O)c5ccccc5)c4COC(C)=O)ccc3F)n(C)n2)c1. The number of carboxylic acid groups (broad SMARTS) is 1. The van der Waals surface area contributed by atoms with Gasteiger partial charge in [0.15, 0.2) is 46.4 Å². The van der Waals surface area contributed by atoms with Gasteiger partial charge in [0.25, 0.3) is 10.0 Å². The number of halogens is 4. The lowest BCUT2D eigenvalue weighted by Crippen LogP contribution is -2.30. The second-order valence-electron chi connectivity index (χ2n) is 31.7. The number of benzene rings is 7. The second kappa shape index (κ2) is 33.8. The highest BCUT2D eigenvalue weighted by atomic mass is 32.2. The third-order valence-corrected chi connectivity index (χ3v) is 23.2. The lowest BCUT2D eigenvalue weighted by molar-refractivity contribution is -0.147. The fourth-order valence-electron chi connectivity index (χ4n) is 14.4. The van der Waals surface area contributed by atoms with Crippen LogP contribution in [0.2, 0.25) is 0 Å². The van der Waals surface area contributed by atoms with E-state index in [-0.39, 0.29) is 103 Å². The molecule has 6 aromatic heterocycles. The first-order chi connectivity index (χ1) is 55.7. The van der Waals surface area contributed by atoms with Crippen molar-refractivity contribution in [2.24, 2.45) is 36.8 Å². The molecule has 7 heterocycles. The van der Waals surface area contributed by atoms with Crippen molar-refractivity contribution in [2.75, 3.05) is 19.8 Å². The van der Waals surface area contributed by atoms with Crippen LogP contribution in [0.1, 0.15) is 140 Å². The third kappa shape index (κ3) is 18.0. The largest absolute Gasteiger partial charge is 0.481 e. The Labute approximate surface area is 674 Å². The summed E-state index contributed by atoms with van der Waals surface area (Å²) in [4.78, 5) is 49.3. The highest BCUT2D eigenvalue weighted by Crippen LogP contribution is 2.46. The number of esters is 2. The lowest BCUT2D eigenvalue weighted by Gasteiger charge is -2.33. The summed E-state index contributed by atoms with van der Waals surface area (Å²) < 4.78 is 132. The number of aromatic amines is 2. The number of hydrogen-bond donors (Lipinski definition) is 3. The summed E-state index contributed by atoms with van der Waals surface area (Å²) in [5, 5.41) is 31.6. The molecule has 14 rings (SSSR count). The van der Waals surface area contributed by atoms with Gasteiger partial charge in [0.1, 0.15) is 29.7 Å². The van der Waals surface area contributed by atoms with Gasteiger partial charge in [-0.1, -0.05) is 108 Å². The maximum Gasteiger partial charge on any atom is 0.308 e. The summed E-state index contributed by atoms with van der Waals surface area (Å²) in [6.45, 7) is 19.7. The third-order valence-electron chi connectivity index (χ3n) is 21.5. The summed E-state index contributed by atoms with van der Waals surface area (Å²) in [5.41, 5.74) is 2.68. The average Bonchev–Trinajstić information content (AvgIpc) is 1.64. The molecule has 3 N–H and O–H groups in total. The molecule has 0 aliphatic carbocycles. The van der Waals surface area contributed by atoms with Crippen molar-refractivity contribution >= 4 is 49.7 Å². The van der Waals surface area contributed by atoms with Crippen molar-refractivity contribution in [3.05, 3.63) is 245 Å². The molecule has 4 atom stereocenters. The average molecular weight is 1620 g/mol. The van der Waals surface area contributed by atoms with Crippen LogP contribution in [0.25, 0.3) is 44.6 Å². The van der Waals surface area contributed by atoms with E-state index in [0.29, 0.717) is 86.2 Å². The molecule has 0 saturated carbocycles. The van der Waals surface area contributed by atoms with E-state index in [1.54, 1.807) is 86.2 Å². The van der Waals surface area contributed by atoms with E-state index in [4.69, 9.17) is 48.6 Å². The Balaban J connectivity index is 0.000000210. The normalized spacial score (nSPS) is 15.4. The molecule has 0 fully saturated rings. The summed E-state index contributed by atoms with van der Waals surface area (Å²) in [6.07, 6.45) is 9.59. The Morgan fingerprint density at radius 1 is 0.726 bits per heavy atom. The van der Waals surface area contributed by atoms with Gasteiger partial charge < -0.3 is 38.5 Å². The van der Waals surface area contributed by atoms with Gasteiger partial charge in [0.05, 0.1) is 83.0 Å². The van der Waals surface area contributed by atoms with Crippen LogP contribution >= 0.6 is 0 Å². The topological polar surface area (TPSA) is 290 Å².